The molecule has 2 N–H and O–H groups in total. The number of halogens is 1. The van der Waals surface area contributed by atoms with Crippen molar-refractivity contribution in [1.29, 1.82) is 0 Å². The molecule has 1 amide bonds. The van der Waals surface area contributed by atoms with Gasteiger partial charge in [-0.25, -0.2) is 9.48 Å². The lowest BCUT2D eigenvalue weighted by molar-refractivity contribution is -0.140. The smallest absolute Gasteiger partial charge is 0.328 e. The van der Waals surface area contributed by atoms with Crippen LogP contribution in [0.3, 0.4) is 0 Å². The lowest BCUT2D eigenvalue weighted by atomic mass is 10.1. The van der Waals surface area contributed by atoms with E-state index in [-0.39, 0.29) is 13.2 Å². The number of carboxylic acids is 1. The van der Waals surface area contributed by atoms with Crippen molar-refractivity contribution in [1.82, 2.24) is 15.1 Å². The molecule has 8 heteroatoms. The normalized spacial score (nSPS) is 11.8. The topological polar surface area (TPSA) is 93.5 Å². The molecule has 1 atom stereocenters. The average molecular weight is 378 g/mol. The minimum atomic E-state index is -1.18. The molecule has 2 aromatic rings. The molecule has 7 nitrogen and oxygen atoms in total. The molecule has 0 saturated heterocycles. The fourth-order valence-corrected chi connectivity index (χ4v) is 2.60. The fourth-order valence-electron chi connectivity index (χ4n) is 2.41. The molecule has 1 unspecified atom stereocenters. The van der Waals surface area contributed by atoms with Gasteiger partial charge in [-0.1, -0.05) is 30.7 Å². The summed E-state index contributed by atoms with van der Waals surface area (Å²) in [5.41, 5.74) is 1.68. The van der Waals surface area contributed by atoms with Crippen molar-refractivity contribution >= 4 is 23.5 Å². The van der Waals surface area contributed by atoms with Crippen LogP contribution >= 0.6 is 11.6 Å². The zero-order valence-corrected chi connectivity index (χ0v) is 15.1. The molecule has 0 aliphatic heterocycles. The maximum atomic E-state index is 12.6. The van der Waals surface area contributed by atoms with E-state index < -0.39 is 17.9 Å². The molecule has 2 rings (SSSR count). The fraction of sp³-hybridized carbons (Fsp3) is 0.278. The summed E-state index contributed by atoms with van der Waals surface area (Å²) in [6, 6.07) is 5.92. The largest absolute Gasteiger partial charge is 0.480 e. The van der Waals surface area contributed by atoms with Crippen LogP contribution < -0.4 is 5.32 Å². The number of carbonyl (C=O) groups excluding carboxylic acids is 1. The lowest BCUT2D eigenvalue weighted by Gasteiger charge is -2.14. The average Bonchev–Trinajstić information content (AvgIpc) is 3.05. The summed E-state index contributed by atoms with van der Waals surface area (Å²) >= 11 is 6.02. The first kappa shape index (κ1) is 19.7. The second-order valence-corrected chi connectivity index (χ2v) is 5.88. The number of aliphatic carboxylic acids is 1. The van der Waals surface area contributed by atoms with Crippen LogP contribution in [0.4, 0.5) is 0 Å². The third-order valence-electron chi connectivity index (χ3n) is 3.62. The van der Waals surface area contributed by atoms with Crippen molar-refractivity contribution in [3.8, 4) is 5.69 Å². The molecule has 1 aromatic heterocycles. The van der Waals surface area contributed by atoms with Gasteiger partial charge in [0.25, 0.3) is 5.91 Å². The number of nitrogens with one attached hydrogen (secondary N) is 1. The van der Waals surface area contributed by atoms with Gasteiger partial charge in [-0.3, -0.25) is 4.79 Å². The quantitative estimate of drug-likeness (QED) is 0.517. The van der Waals surface area contributed by atoms with Crippen LogP contribution in [0.1, 0.15) is 23.0 Å². The highest BCUT2D eigenvalue weighted by Gasteiger charge is 2.24. The minimum Gasteiger partial charge on any atom is -0.480 e. The van der Waals surface area contributed by atoms with Gasteiger partial charge in [0.1, 0.15) is 0 Å². The molecule has 0 aliphatic rings. The van der Waals surface area contributed by atoms with Crippen LogP contribution in [-0.4, -0.2) is 46.0 Å². The molecule has 1 aromatic carbocycles. The molecule has 0 aliphatic carbocycles. The first-order valence-corrected chi connectivity index (χ1v) is 8.40. The molecule has 1 heterocycles. The molecule has 0 bridgehead atoms. The predicted molar refractivity (Wildman–Crippen MR) is 97.9 cm³/mol. The van der Waals surface area contributed by atoms with Crippen LogP contribution in [0.2, 0.25) is 5.02 Å². The summed E-state index contributed by atoms with van der Waals surface area (Å²) in [4.78, 5) is 23.9. The van der Waals surface area contributed by atoms with Crippen molar-refractivity contribution in [2.75, 3.05) is 13.2 Å². The van der Waals surface area contributed by atoms with E-state index in [1.54, 1.807) is 22.9 Å². The number of hydrogen-bond donors (Lipinski definition) is 2. The van der Waals surface area contributed by atoms with Crippen molar-refractivity contribution in [2.45, 2.75) is 19.4 Å². The van der Waals surface area contributed by atoms with Gasteiger partial charge in [0.2, 0.25) is 0 Å². The van der Waals surface area contributed by atoms with Crippen LogP contribution in [0, 0.1) is 0 Å². The summed E-state index contributed by atoms with van der Waals surface area (Å²) in [6.07, 6.45) is 3.45. The van der Waals surface area contributed by atoms with Crippen LogP contribution in [-0.2, 0) is 16.0 Å². The third-order valence-corrected chi connectivity index (χ3v) is 3.86. The Labute approximate surface area is 156 Å². The Morgan fingerprint density at radius 3 is 2.88 bits per heavy atom. The van der Waals surface area contributed by atoms with Crippen molar-refractivity contribution in [3.05, 3.63) is 59.4 Å². The van der Waals surface area contributed by atoms with E-state index in [9.17, 15) is 14.7 Å². The highest BCUT2D eigenvalue weighted by Crippen LogP contribution is 2.19. The maximum Gasteiger partial charge on any atom is 0.328 e. The van der Waals surface area contributed by atoms with Gasteiger partial charge in [-0.2, -0.15) is 5.10 Å². The second-order valence-electron chi connectivity index (χ2n) is 5.44. The first-order valence-electron chi connectivity index (χ1n) is 8.03. The summed E-state index contributed by atoms with van der Waals surface area (Å²) in [7, 11) is 0. The second kappa shape index (κ2) is 9.17. The number of benzene rings is 1. The molecule has 0 saturated carbocycles. The summed E-state index contributed by atoms with van der Waals surface area (Å²) in [6.45, 7) is 5.42. The Balaban J connectivity index is 2.23. The minimum absolute atomic E-state index is 0.156. The summed E-state index contributed by atoms with van der Waals surface area (Å²) in [5, 5.41) is 16.5. The van der Waals surface area contributed by atoms with E-state index in [2.05, 4.69) is 17.0 Å². The molecular formula is C18H20ClN3O4. The van der Waals surface area contributed by atoms with E-state index in [1.165, 1.54) is 12.3 Å². The first-order chi connectivity index (χ1) is 12.5. The number of carboxylic acid groups (broad SMARTS) is 1. The summed E-state index contributed by atoms with van der Waals surface area (Å²) < 4.78 is 6.75. The molecule has 26 heavy (non-hydrogen) atoms. The van der Waals surface area contributed by atoms with E-state index in [1.807, 2.05) is 13.0 Å². The van der Waals surface area contributed by atoms with Crippen molar-refractivity contribution in [3.63, 3.8) is 0 Å². The molecule has 0 radical (unpaired) electrons. The standard InChI is InChI=1S/C18H20ClN3O4/c1-3-8-26-11-15(18(24)25)21-17(23)14-10-20-22(16(14)4-2)13-7-5-6-12(19)9-13/h3,5-7,9-10,15H,1,4,8,11H2,2H3,(H,21,23)(H,24,25). The van der Waals surface area contributed by atoms with Crippen LogP contribution in [0.25, 0.3) is 5.69 Å². The molecular weight excluding hydrogens is 358 g/mol. The Hall–Kier alpha value is -2.64. The van der Waals surface area contributed by atoms with Gasteiger partial charge >= 0.3 is 5.97 Å². The number of rotatable bonds is 9. The Kier molecular flexibility index (Phi) is 6.94. The van der Waals surface area contributed by atoms with Gasteiger partial charge in [-0.15, -0.1) is 6.58 Å². The van der Waals surface area contributed by atoms with Gasteiger partial charge < -0.3 is 15.2 Å². The van der Waals surface area contributed by atoms with E-state index in [0.29, 0.717) is 22.7 Å². The predicted octanol–water partition coefficient (Wildman–Crippen LogP) is 2.47. The highest BCUT2D eigenvalue weighted by atomic mass is 35.5. The van der Waals surface area contributed by atoms with E-state index >= 15 is 0 Å². The zero-order chi connectivity index (χ0) is 19.1. The van der Waals surface area contributed by atoms with Gasteiger partial charge in [-0.05, 0) is 24.6 Å². The Morgan fingerprint density at radius 2 is 2.27 bits per heavy atom. The number of carbonyl (C=O) groups is 2. The number of nitrogens with zero attached hydrogens (tertiary/aromatic N) is 2. The lowest BCUT2D eigenvalue weighted by Crippen LogP contribution is -2.44. The monoisotopic (exact) mass is 377 g/mol. The molecule has 0 fully saturated rings. The molecule has 0 spiro atoms. The number of amides is 1. The molecule has 138 valence electrons. The summed E-state index contributed by atoms with van der Waals surface area (Å²) in [5.74, 6) is -1.70. The van der Waals surface area contributed by atoms with Crippen LogP contribution in [0.5, 0.6) is 0 Å². The van der Waals surface area contributed by atoms with Crippen LogP contribution in [0.15, 0.2) is 43.1 Å². The highest BCUT2D eigenvalue weighted by molar-refractivity contribution is 6.30. The van der Waals surface area contributed by atoms with E-state index in [4.69, 9.17) is 16.3 Å². The Bertz CT molecular complexity index is 803. The van der Waals surface area contributed by atoms with Gasteiger partial charge in [0, 0.05) is 5.02 Å². The van der Waals surface area contributed by atoms with Crippen molar-refractivity contribution in [2.24, 2.45) is 0 Å². The number of ether oxygens (including phenoxy) is 1. The van der Waals surface area contributed by atoms with Gasteiger partial charge in [0.05, 0.1) is 36.4 Å². The van der Waals surface area contributed by atoms with E-state index in [0.717, 1.165) is 5.69 Å². The third kappa shape index (κ3) is 4.71. The number of aromatic nitrogens is 2. The van der Waals surface area contributed by atoms with Crippen molar-refractivity contribution < 1.29 is 19.4 Å². The Morgan fingerprint density at radius 1 is 1.50 bits per heavy atom. The maximum absolute atomic E-state index is 12.6. The van der Waals surface area contributed by atoms with Gasteiger partial charge in [0.15, 0.2) is 6.04 Å². The zero-order valence-electron chi connectivity index (χ0n) is 14.3. The number of hydrogen-bond acceptors (Lipinski definition) is 4. The SMILES string of the molecule is C=CCOCC(NC(=O)c1cnn(-c2cccc(Cl)c2)c1CC)C(=O)O.